The van der Waals surface area contributed by atoms with Gasteiger partial charge in [0.15, 0.2) is 0 Å². The minimum Gasteiger partial charge on any atom is -0.390 e. The van der Waals surface area contributed by atoms with Gasteiger partial charge < -0.3 is 15.2 Å². The molecule has 0 spiro atoms. The van der Waals surface area contributed by atoms with Crippen molar-refractivity contribution in [3.05, 3.63) is 0 Å². The Hall–Kier alpha value is -0.610. The summed E-state index contributed by atoms with van der Waals surface area (Å²) in [5.74, 6) is -0.0134. The number of hydrogen-bond donors (Lipinski definition) is 2. The second-order valence-corrected chi connectivity index (χ2v) is 4.77. The molecule has 0 radical (unpaired) electrons. The summed E-state index contributed by atoms with van der Waals surface area (Å²) >= 11 is 0. The van der Waals surface area contributed by atoms with Crippen molar-refractivity contribution in [3.63, 3.8) is 0 Å². The van der Waals surface area contributed by atoms with E-state index in [1.807, 2.05) is 0 Å². The summed E-state index contributed by atoms with van der Waals surface area (Å²) in [6.45, 7) is 1.79. The lowest BCUT2D eigenvalue weighted by molar-refractivity contribution is -0.137. The smallest absolute Gasteiger partial charge is 0.252 e. The Morgan fingerprint density at radius 2 is 2.07 bits per heavy atom. The van der Waals surface area contributed by atoms with Crippen LogP contribution < -0.4 is 5.32 Å². The number of amides is 1. The highest BCUT2D eigenvalue weighted by Gasteiger charge is 2.52. The second kappa shape index (κ2) is 2.94. The van der Waals surface area contributed by atoms with Crippen LogP contribution >= 0.6 is 0 Å². The van der Waals surface area contributed by atoms with Crippen molar-refractivity contribution >= 4 is 5.91 Å². The number of hydrogen-bond acceptors (Lipinski definition) is 3. The van der Waals surface area contributed by atoms with Crippen LogP contribution in [0.5, 0.6) is 0 Å². The molecule has 4 nitrogen and oxygen atoms in total. The Morgan fingerprint density at radius 1 is 1.50 bits per heavy atom. The van der Waals surface area contributed by atoms with Gasteiger partial charge in [-0.1, -0.05) is 0 Å². The average molecular weight is 199 g/mol. The molecule has 14 heavy (non-hydrogen) atoms. The SMILES string of the molecule is COC1(C(=O)NC2CC(C)(O)C2)CC1. The van der Waals surface area contributed by atoms with E-state index in [-0.39, 0.29) is 11.9 Å². The zero-order valence-electron chi connectivity index (χ0n) is 8.67. The molecule has 0 saturated heterocycles. The third-order valence-electron chi connectivity index (χ3n) is 3.22. The highest BCUT2D eigenvalue weighted by atomic mass is 16.5. The van der Waals surface area contributed by atoms with Gasteiger partial charge in [-0.3, -0.25) is 4.79 Å². The van der Waals surface area contributed by atoms with Crippen LogP contribution in [-0.4, -0.2) is 35.4 Å². The summed E-state index contributed by atoms with van der Waals surface area (Å²) in [4.78, 5) is 11.7. The van der Waals surface area contributed by atoms with Crippen molar-refractivity contribution < 1.29 is 14.6 Å². The molecule has 2 aliphatic rings. The molecule has 1 amide bonds. The van der Waals surface area contributed by atoms with Gasteiger partial charge in [0.2, 0.25) is 0 Å². The highest BCUT2D eigenvalue weighted by Crippen LogP contribution is 2.40. The largest absolute Gasteiger partial charge is 0.390 e. The summed E-state index contributed by atoms with van der Waals surface area (Å²) < 4.78 is 5.16. The van der Waals surface area contributed by atoms with E-state index in [1.54, 1.807) is 14.0 Å². The third-order valence-corrected chi connectivity index (χ3v) is 3.22. The molecule has 0 bridgehead atoms. The first-order chi connectivity index (χ1) is 6.47. The molecule has 2 saturated carbocycles. The van der Waals surface area contributed by atoms with E-state index >= 15 is 0 Å². The van der Waals surface area contributed by atoms with Gasteiger partial charge in [0.05, 0.1) is 5.60 Å². The molecule has 2 N–H and O–H groups in total. The van der Waals surface area contributed by atoms with Crippen LogP contribution in [-0.2, 0) is 9.53 Å². The molecule has 2 aliphatic carbocycles. The number of methoxy groups -OCH3 is 1. The van der Waals surface area contributed by atoms with E-state index < -0.39 is 11.2 Å². The summed E-state index contributed by atoms with van der Waals surface area (Å²) in [7, 11) is 1.57. The van der Waals surface area contributed by atoms with Crippen molar-refractivity contribution in [1.82, 2.24) is 5.32 Å². The second-order valence-electron chi connectivity index (χ2n) is 4.77. The van der Waals surface area contributed by atoms with Crippen molar-refractivity contribution in [2.75, 3.05) is 7.11 Å². The molecular formula is C10H17NO3. The number of carbonyl (C=O) groups excluding carboxylic acids is 1. The molecule has 0 aliphatic heterocycles. The highest BCUT2D eigenvalue weighted by molar-refractivity contribution is 5.88. The van der Waals surface area contributed by atoms with Gasteiger partial charge in [-0.05, 0) is 32.6 Å². The fourth-order valence-electron chi connectivity index (χ4n) is 2.06. The van der Waals surface area contributed by atoms with Crippen LogP contribution in [0.2, 0.25) is 0 Å². The molecule has 80 valence electrons. The maximum atomic E-state index is 11.7. The predicted molar refractivity (Wildman–Crippen MR) is 50.8 cm³/mol. The van der Waals surface area contributed by atoms with Crippen LogP contribution in [0.1, 0.15) is 32.6 Å². The summed E-state index contributed by atoms with van der Waals surface area (Å²) in [5.41, 5.74) is -1.12. The molecule has 0 heterocycles. The van der Waals surface area contributed by atoms with Gasteiger partial charge >= 0.3 is 0 Å². The Morgan fingerprint density at radius 3 is 2.43 bits per heavy atom. The lowest BCUT2D eigenvalue weighted by atomic mass is 9.77. The zero-order valence-corrected chi connectivity index (χ0v) is 8.67. The van der Waals surface area contributed by atoms with Gasteiger partial charge in [-0.25, -0.2) is 0 Å². The van der Waals surface area contributed by atoms with Gasteiger partial charge in [0.25, 0.3) is 5.91 Å². The lowest BCUT2D eigenvalue weighted by Crippen LogP contribution is -2.55. The summed E-state index contributed by atoms with van der Waals surface area (Å²) in [5, 5.41) is 12.4. The lowest BCUT2D eigenvalue weighted by Gasteiger charge is -2.41. The maximum Gasteiger partial charge on any atom is 0.252 e. The first kappa shape index (κ1) is 9.93. The number of carbonyl (C=O) groups is 1. The number of rotatable bonds is 3. The summed E-state index contributed by atoms with van der Waals surface area (Å²) in [6, 6.07) is 0.130. The number of ether oxygens (including phenoxy) is 1. The van der Waals surface area contributed by atoms with Crippen LogP contribution in [0.25, 0.3) is 0 Å². The van der Waals surface area contributed by atoms with Crippen LogP contribution in [0.4, 0.5) is 0 Å². The first-order valence-electron chi connectivity index (χ1n) is 5.06. The third kappa shape index (κ3) is 1.64. The molecular weight excluding hydrogens is 182 g/mol. The fourth-order valence-corrected chi connectivity index (χ4v) is 2.06. The summed E-state index contributed by atoms with van der Waals surface area (Å²) in [6.07, 6.45) is 2.94. The monoisotopic (exact) mass is 199 g/mol. The molecule has 0 aromatic heterocycles. The maximum absolute atomic E-state index is 11.7. The average Bonchev–Trinajstić information content (AvgIpc) is 2.80. The van der Waals surface area contributed by atoms with E-state index in [0.29, 0.717) is 12.8 Å². The van der Waals surface area contributed by atoms with E-state index in [2.05, 4.69) is 5.32 Å². The molecule has 0 aromatic rings. The van der Waals surface area contributed by atoms with E-state index in [4.69, 9.17) is 4.74 Å². The van der Waals surface area contributed by atoms with Crippen molar-refractivity contribution in [2.24, 2.45) is 0 Å². The molecule has 0 atom stereocenters. The Labute approximate surface area is 83.6 Å². The molecule has 0 unspecified atom stereocenters. The number of nitrogens with one attached hydrogen (secondary N) is 1. The van der Waals surface area contributed by atoms with Gasteiger partial charge in [-0.15, -0.1) is 0 Å². The molecule has 2 fully saturated rings. The Bertz CT molecular complexity index is 250. The first-order valence-corrected chi connectivity index (χ1v) is 5.06. The van der Waals surface area contributed by atoms with Crippen molar-refractivity contribution in [2.45, 2.75) is 49.9 Å². The van der Waals surface area contributed by atoms with Crippen molar-refractivity contribution in [1.29, 1.82) is 0 Å². The normalized spacial score (nSPS) is 38.6. The topological polar surface area (TPSA) is 58.6 Å². The van der Waals surface area contributed by atoms with Gasteiger partial charge in [0.1, 0.15) is 5.60 Å². The van der Waals surface area contributed by atoms with Crippen LogP contribution in [0.3, 0.4) is 0 Å². The molecule has 2 rings (SSSR count). The van der Waals surface area contributed by atoms with Gasteiger partial charge in [0, 0.05) is 13.2 Å². The number of aliphatic hydroxyl groups is 1. The quantitative estimate of drug-likeness (QED) is 0.682. The van der Waals surface area contributed by atoms with E-state index in [0.717, 1.165) is 12.8 Å². The van der Waals surface area contributed by atoms with Gasteiger partial charge in [-0.2, -0.15) is 0 Å². The Balaban J connectivity index is 1.80. The minimum absolute atomic E-state index is 0.0134. The zero-order chi connectivity index (χ0) is 10.4. The minimum atomic E-state index is -0.582. The molecule has 0 aromatic carbocycles. The van der Waals surface area contributed by atoms with Crippen LogP contribution in [0.15, 0.2) is 0 Å². The van der Waals surface area contributed by atoms with Crippen LogP contribution in [0, 0.1) is 0 Å². The van der Waals surface area contributed by atoms with Crippen molar-refractivity contribution in [3.8, 4) is 0 Å². The fraction of sp³-hybridized carbons (Fsp3) is 0.900. The molecule has 4 heteroatoms. The standard InChI is InChI=1S/C10H17NO3/c1-9(13)5-7(6-9)11-8(12)10(14-2)3-4-10/h7,13H,3-6H2,1-2H3,(H,11,12). The predicted octanol–water partition coefficient (Wildman–Crippen LogP) is 0.195. The Kier molecular flexibility index (Phi) is 2.08. The van der Waals surface area contributed by atoms with E-state index in [9.17, 15) is 9.90 Å². The van der Waals surface area contributed by atoms with E-state index in [1.165, 1.54) is 0 Å².